The lowest BCUT2D eigenvalue weighted by atomic mass is 10.0. The van der Waals surface area contributed by atoms with Crippen LogP contribution < -0.4 is 20.3 Å². The van der Waals surface area contributed by atoms with Gasteiger partial charge in [0, 0.05) is 0 Å². The molecule has 0 radical (unpaired) electrons. The number of hydrogen-bond donors (Lipinski definition) is 2. The third-order valence-corrected chi connectivity index (χ3v) is 5.05. The Labute approximate surface area is 192 Å². The molecule has 3 amide bonds. The zero-order valence-corrected chi connectivity index (χ0v) is 18.8. The molecule has 9 nitrogen and oxygen atoms in total. The fourth-order valence-electron chi connectivity index (χ4n) is 3.41. The monoisotopic (exact) mass is 453 g/mol. The number of nitrogens with one attached hydrogen (secondary N) is 2. The number of rotatable bonds is 8. The second-order valence-electron chi connectivity index (χ2n) is 7.78. The molecule has 0 fully saturated rings. The van der Waals surface area contributed by atoms with Gasteiger partial charge in [-0.3, -0.25) is 19.3 Å². The van der Waals surface area contributed by atoms with Crippen molar-refractivity contribution < 1.29 is 28.7 Å². The van der Waals surface area contributed by atoms with Crippen LogP contribution >= 0.6 is 0 Å². The van der Waals surface area contributed by atoms with E-state index in [9.17, 15) is 19.2 Å². The summed E-state index contributed by atoms with van der Waals surface area (Å²) >= 11 is 0. The predicted octanol–water partition coefficient (Wildman–Crippen LogP) is 2.37. The number of carbonyl (C=O) groups is 4. The minimum Gasteiger partial charge on any atom is -0.493 e. The van der Waals surface area contributed by atoms with Gasteiger partial charge in [0.25, 0.3) is 11.8 Å². The van der Waals surface area contributed by atoms with Crippen LogP contribution in [0.4, 0.5) is 11.4 Å². The molecule has 0 aliphatic carbocycles. The van der Waals surface area contributed by atoms with Crippen molar-refractivity contribution in [3.05, 3.63) is 54.1 Å². The van der Waals surface area contributed by atoms with Crippen LogP contribution in [0.2, 0.25) is 0 Å². The topological polar surface area (TPSA) is 114 Å². The van der Waals surface area contributed by atoms with Gasteiger partial charge in [-0.2, -0.15) is 0 Å². The maximum atomic E-state index is 12.8. The summed E-state index contributed by atoms with van der Waals surface area (Å²) in [6.45, 7) is 4.98. The molecule has 0 aromatic heterocycles. The molecule has 33 heavy (non-hydrogen) atoms. The zero-order chi connectivity index (χ0) is 24.0. The number of carbonyl (C=O) groups excluding carboxylic acids is 4. The van der Waals surface area contributed by atoms with Gasteiger partial charge in [0.15, 0.2) is 6.61 Å². The smallest absolute Gasteiger partial charge is 0.329 e. The molecule has 2 aromatic carbocycles. The highest BCUT2D eigenvalue weighted by atomic mass is 16.5. The SMILES string of the molecule is CCOc1ccccc1C(=O)N[C@@H](C(=O)OCC(=O)N1CC(=O)Nc2ccccc21)C(C)C. The molecule has 0 bridgehead atoms. The minimum absolute atomic E-state index is 0.175. The van der Waals surface area contributed by atoms with E-state index < -0.39 is 30.4 Å². The van der Waals surface area contributed by atoms with Crippen LogP contribution in [0.25, 0.3) is 0 Å². The Morgan fingerprint density at radius 3 is 2.52 bits per heavy atom. The van der Waals surface area contributed by atoms with E-state index in [4.69, 9.17) is 9.47 Å². The van der Waals surface area contributed by atoms with E-state index in [1.165, 1.54) is 4.90 Å². The average Bonchev–Trinajstić information content (AvgIpc) is 2.80. The molecule has 3 rings (SSSR count). The molecule has 1 atom stereocenters. The second kappa shape index (κ2) is 10.6. The third kappa shape index (κ3) is 5.68. The van der Waals surface area contributed by atoms with Crippen molar-refractivity contribution in [2.24, 2.45) is 5.92 Å². The number of fused-ring (bicyclic) bond motifs is 1. The number of nitrogens with zero attached hydrogens (tertiary/aromatic N) is 1. The Bertz CT molecular complexity index is 1050. The number of amides is 3. The number of benzene rings is 2. The number of ether oxygens (including phenoxy) is 2. The van der Waals surface area contributed by atoms with Crippen molar-refractivity contribution in [3.8, 4) is 5.75 Å². The third-order valence-electron chi connectivity index (χ3n) is 5.05. The molecule has 174 valence electrons. The van der Waals surface area contributed by atoms with Crippen LogP contribution in [0.1, 0.15) is 31.1 Å². The highest BCUT2D eigenvalue weighted by Gasteiger charge is 2.30. The van der Waals surface area contributed by atoms with Crippen LogP contribution in [-0.4, -0.2) is 49.5 Å². The summed E-state index contributed by atoms with van der Waals surface area (Å²) in [4.78, 5) is 51.5. The van der Waals surface area contributed by atoms with Crippen molar-refractivity contribution in [1.82, 2.24) is 5.32 Å². The fraction of sp³-hybridized carbons (Fsp3) is 0.333. The van der Waals surface area contributed by atoms with Crippen LogP contribution in [-0.2, 0) is 19.1 Å². The molecule has 9 heteroatoms. The van der Waals surface area contributed by atoms with E-state index in [1.807, 2.05) is 6.92 Å². The van der Waals surface area contributed by atoms with Crippen LogP contribution in [0.15, 0.2) is 48.5 Å². The quantitative estimate of drug-likeness (QED) is 0.593. The molecule has 1 aliphatic rings. The largest absolute Gasteiger partial charge is 0.493 e. The van der Waals surface area contributed by atoms with Crippen LogP contribution in [0.5, 0.6) is 5.75 Å². The highest BCUT2D eigenvalue weighted by Crippen LogP contribution is 2.28. The lowest BCUT2D eigenvalue weighted by Gasteiger charge is -2.29. The Kier molecular flexibility index (Phi) is 7.66. The summed E-state index contributed by atoms with van der Waals surface area (Å²) in [5.74, 6) is -1.99. The summed E-state index contributed by atoms with van der Waals surface area (Å²) in [6, 6.07) is 12.6. The normalized spacial score (nSPS) is 13.6. The second-order valence-corrected chi connectivity index (χ2v) is 7.78. The summed E-state index contributed by atoms with van der Waals surface area (Å²) in [5.41, 5.74) is 1.33. The van der Waals surface area contributed by atoms with E-state index in [-0.39, 0.29) is 18.4 Å². The number of esters is 1. The van der Waals surface area contributed by atoms with Crippen molar-refractivity contribution in [1.29, 1.82) is 0 Å². The van der Waals surface area contributed by atoms with Gasteiger partial charge in [0.2, 0.25) is 5.91 Å². The van der Waals surface area contributed by atoms with Crippen molar-refractivity contribution in [2.75, 3.05) is 30.0 Å². The van der Waals surface area contributed by atoms with Gasteiger partial charge >= 0.3 is 5.97 Å². The highest BCUT2D eigenvalue weighted by molar-refractivity contribution is 6.10. The predicted molar refractivity (Wildman–Crippen MR) is 122 cm³/mol. The van der Waals surface area contributed by atoms with E-state index >= 15 is 0 Å². The molecule has 0 unspecified atom stereocenters. The molecule has 2 N–H and O–H groups in total. The molecule has 0 saturated heterocycles. The average molecular weight is 453 g/mol. The van der Waals surface area contributed by atoms with Gasteiger partial charge in [-0.05, 0) is 37.1 Å². The minimum atomic E-state index is -0.975. The molecular formula is C24H27N3O6. The van der Waals surface area contributed by atoms with E-state index in [2.05, 4.69) is 10.6 Å². The number of para-hydroxylation sites is 3. The van der Waals surface area contributed by atoms with Gasteiger partial charge in [0.1, 0.15) is 18.3 Å². The van der Waals surface area contributed by atoms with Crippen molar-refractivity contribution in [3.63, 3.8) is 0 Å². The summed E-state index contributed by atoms with van der Waals surface area (Å²) < 4.78 is 10.7. The number of anilines is 2. The first-order valence-corrected chi connectivity index (χ1v) is 10.7. The molecular weight excluding hydrogens is 426 g/mol. The first kappa shape index (κ1) is 23.8. The van der Waals surface area contributed by atoms with E-state index in [0.717, 1.165) is 0 Å². The Hall–Kier alpha value is -3.88. The van der Waals surface area contributed by atoms with Gasteiger partial charge in [-0.1, -0.05) is 38.1 Å². The van der Waals surface area contributed by atoms with Crippen LogP contribution in [0, 0.1) is 5.92 Å². The lowest BCUT2D eigenvalue weighted by molar-refractivity contribution is -0.150. The van der Waals surface area contributed by atoms with E-state index in [0.29, 0.717) is 29.3 Å². The van der Waals surface area contributed by atoms with Gasteiger partial charge in [-0.25, -0.2) is 4.79 Å². The van der Waals surface area contributed by atoms with Crippen molar-refractivity contribution in [2.45, 2.75) is 26.8 Å². The summed E-state index contributed by atoms with van der Waals surface area (Å²) in [7, 11) is 0. The fourth-order valence-corrected chi connectivity index (χ4v) is 3.41. The van der Waals surface area contributed by atoms with Gasteiger partial charge < -0.3 is 20.1 Å². The molecule has 2 aromatic rings. The molecule has 1 aliphatic heterocycles. The number of hydrogen-bond acceptors (Lipinski definition) is 6. The lowest BCUT2D eigenvalue weighted by Crippen LogP contribution is -2.47. The maximum absolute atomic E-state index is 12.8. The summed E-state index contributed by atoms with van der Waals surface area (Å²) in [5, 5.41) is 5.37. The van der Waals surface area contributed by atoms with Crippen LogP contribution in [0.3, 0.4) is 0 Å². The van der Waals surface area contributed by atoms with E-state index in [1.54, 1.807) is 62.4 Å². The Morgan fingerprint density at radius 1 is 1.09 bits per heavy atom. The summed E-state index contributed by atoms with van der Waals surface area (Å²) in [6.07, 6.45) is 0. The first-order valence-electron chi connectivity index (χ1n) is 10.7. The molecule has 0 saturated carbocycles. The van der Waals surface area contributed by atoms with Gasteiger partial charge in [0.05, 0.1) is 23.5 Å². The maximum Gasteiger partial charge on any atom is 0.329 e. The molecule has 1 heterocycles. The molecule has 0 spiro atoms. The Balaban J connectivity index is 1.66. The standard InChI is InChI=1S/C24H27N3O6/c1-4-32-19-12-8-5-9-16(19)23(30)26-22(15(2)3)24(31)33-14-21(29)27-13-20(28)25-17-10-6-7-11-18(17)27/h5-12,15,22H,4,13-14H2,1-3H3,(H,25,28)(H,26,30)/t22-/m1/s1. The van der Waals surface area contributed by atoms with Gasteiger partial charge in [-0.15, -0.1) is 0 Å². The zero-order valence-electron chi connectivity index (χ0n) is 18.8. The Morgan fingerprint density at radius 2 is 1.79 bits per heavy atom. The first-order chi connectivity index (χ1) is 15.8. The van der Waals surface area contributed by atoms with Crippen molar-refractivity contribution >= 4 is 35.1 Å².